The number of fused-ring (bicyclic) bond motifs is 3. The molecule has 2 aromatic carbocycles. The van der Waals surface area contributed by atoms with Crippen molar-refractivity contribution in [3.63, 3.8) is 0 Å². The standard InChI is InChI=1S/C44H52F3N7O7S2/c1-25(2)34-24-62-40(50-34)33-21-37(31-17-18-36(60-6)26(3)38(31)49-33)61-30-20-35-39(55)51-43(42(57)52-63(58,59)53(4)5)22-28(43)13-10-8-7-9-11-16-32(41(56)54(35)23-30)48-29-15-12-14-27(19-29)44(45,46)47/h10,12-15,17-19,21,24-25,28,30,32,35,48H,7-9,11,16,20,22-23H2,1-6H3,(H,51,55)(H,52,57)/t28-,30-,32+,35+,43-/m1/s1. The van der Waals surface area contributed by atoms with E-state index in [0.717, 1.165) is 27.7 Å². The summed E-state index contributed by atoms with van der Waals surface area (Å²) in [4.78, 5) is 54.6. The number of hydrogen-bond donors (Lipinski definition) is 3. The summed E-state index contributed by atoms with van der Waals surface area (Å²) in [5.41, 5.74) is 0.376. The maximum atomic E-state index is 14.9. The number of aryl methyl sites for hydroxylation is 1. The van der Waals surface area contributed by atoms with Crippen molar-refractivity contribution in [1.82, 2.24) is 29.2 Å². The number of nitrogens with zero attached hydrogens (tertiary/aromatic N) is 4. The van der Waals surface area contributed by atoms with Gasteiger partial charge < -0.3 is 25.0 Å². The van der Waals surface area contributed by atoms with Crippen molar-refractivity contribution in [1.29, 1.82) is 0 Å². The number of pyridine rings is 1. The summed E-state index contributed by atoms with van der Waals surface area (Å²) in [5.74, 6) is -1.49. The summed E-state index contributed by atoms with van der Waals surface area (Å²) in [6, 6.07) is 7.74. The van der Waals surface area contributed by atoms with Gasteiger partial charge in [-0.15, -0.1) is 11.3 Å². The fraction of sp³-hybridized carbons (Fsp3) is 0.477. The van der Waals surface area contributed by atoms with Crippen molar-refractivity contribution < 1.29 is 45.4 Å². The SMILES string of the molecule is COc1ccc2c(O[C@@H]3C[C@H]4C(=O)N[C@]5(C(=O)NS(=O)(=O)N(C)C)C[C@H]5C=CCCCCC[C@H](Nc5cccc(C(F)(F)F)c5)C(=O)N4C3)cc(-c3nc(C(C)C)cs3)nc2c1C. The quantitative estimate of drug-likeness (QED) is 0.141. The van der Waals surface area contributed by atoms with Crippen LogP contribution in [0.4, 0.5) is 18.9 Å². The van der Waals surface area contributed by atoms with Crippen LogP contribution in [0.15, 0.2) is 60.0 Å². The average molecular weight is 912 g/mol. The highest BCUT2D eigenvalue weighted by molar-refractivity contribution is 7.87. The second-order valence-corrected chi connectivity index (χ2v) is 19.6. The molecule has 3 aliphatic rings. The van der Waals surface area contributed by atoms with Gasteiger partial charge in [0.1, 0.15) is 45.9 Å². The molecule has 5 atom stereocenters. The maximum Gasteiger partial charge on any atom is 0.416 e. The number of benzene rings is 2. The van der Waals surface area contributed by atoms with Gasteiger partial charge in [-0.1, -0.05) is 44.9 Å². The number of halogens is 3. The molecule has 0 unspecified atom stereocenters. The molecule has 0 bridgehead atoms. The van der Waals surface area contributed by atoms with E-state index in [-0.39, 0.29) is 37.4 Å². The zero-order valence-electron chi connectivity index (χ0n) is 35.9. The first-order valence-electron chi connectivity index (χ1n) is 20.9. The van der Waals surface area contributed by atoms with Gasteiger partial charge in [0, 0.05) is 54.5 Å². The molecular formula is C44H52F3N7O7S2. The van der Waals surface area contributed by atoms with E-state index in [1.54, 1.807) is 25.3 Å². The van der Waals surface area contributed by atoms with Crippen molar-refractivity contribution in [3.8, 4) is 22.2 Å². The molecule has 2 aromatic heterocycles. The number of amides is 3. The van der Waals surface area contributed by atoms with Crippen LogP contribution in [0.2, 0.25) is 0 Å². The predicted molar refractivity (Wildman–Crippen MR) is 234 cm³/mol. The highest BCUT2D eigenvalue weighted by atomic mass is 32.2. The van der Waals surface area contributed by atoms with Crippen molar-refractivity contribution in [2.24, 2.45) is 5.92 Å². The second-order valence-electron chi connectivity index (χ2n) is 16.8. The Bertz CT molecular complexity index is 2530. The van der Waals surface area contributed by atoms with Crippen molar-refractivity contribution >= 4 is 55.9 Å². The van der Waals surface area contributed by atoms with Crippen LogP contribution in [-0.4, -0.2) is 96.8 Å². The minimum atomic E-state index is -4.62. The minimum Gasteiger partial charge on any atom is -0.496 e. The zero-order valence-corrected chi connectivity index (χ0v) is 37.5. The lowest BCUT2D eigenvalue weighted by molar-refractivity contribution is -0.140. The van der Waals surface area contributed by atoms with E-state index < -0.39 is 69.3 Å². The van der Waals surface area contributed by atoms with E-state index in [0.29, 0.717) is 58.8 Å². The van der Waals surface area contributed by atoms with E-state index in [1.165, 1.54) is 42.5 Å². The molecule has 1 aliphatic carbocycles. The normalized spacial score (nSPS) is 23.4. The Balaban J connectivity index is 1.27. The molecule has 7 rings (SSSR count). The lowest BCUT2D eigenvalue weighted by atomic mass is 10.0. The smallest absolute Gasteiger partial charge is 0.416 e. The lowest BCUT2D eigenvalue weighted by Crippen LogP contribution is -2.58. The number of rotatable bonds is 10. The second kappa shape index (κ2) is 18.1. The number of carbonyl (C=O) groups is 3. The summed E-state index contributed by atoms with van der Waals surface area (Å²) >= 11 is 1.44. The first-order chi connectivity index (χ1) is 29.8. The first-order valence-corrected chi connectivity index (χ1v) is 23.2. The van der Waals surface area contributed by atoms with Crippen LogP contribution in [0.1, 0.15) is 81.5 Å². The molecule has 19 heteroatoms. The third kappa shape index (κ3) is 9.79. The van der Waals surface area contributed by atoms with Crippen LogP contribution in [0.25, 0.3) is 21.6 Å². The fourth-order valence-corrected chi connectivity index (χ4v) is 9.65. The van der Waals surface area contributed by atoms with Crippen LogP contribution < -0.4 is 24.8 Å². The van der Waals surface area contributed by atoms with Gasteiger partial charge in [-0.3, -0.25) is 14.4 Å². The van der Waals surface area contributed by atoms with Crippen LogP contribution >= 0.6 is 11.3 Å². The largest absolute Gasteiger partial charge is 0.496 e. The number of thiazole rings is 1. The molecule has 3 amide bonds. The Morgan fingerprint density at radius 2 is 1.86 bits per heavy atom. The molecule has 1 saturated carbocycles. The molecule has 0 radical (unpaired) electrons. The Labute approximate surface area is 368 Å². The Kier molecular flexibility index (Phi) is 13.1. The maximum absolute atomic E-state index is 14.9. The first kappa shape index (κ1) is 45.7. The summed E-state index contributed by atoms with van der Waals surface area (Å²) in [6.07, 6.45) is 1.16. The number of alkyl halides is 3. The molecule has 2 fully saturated rings. The Morgan fingerprint density at radius 1 is 1.08 bits per heavy atom. The summed E-state index contributed by atoms with van der Waals surface area (Å²) in [6.45, 7) is 5.87. The molecule has 63 heavy (non-hydrogen) atoms. The van der Waals surface area contributed by atoms with Crippen LogP contribution in [0.5, 0.6) is 11.5 Å². The van der Waals surface area contributed by atoms with Crippen molar-refractivity contribution in [3.05, 3.63) is 76.8 Å². The van der Waals surface area contributed by atoms with Gasteiger partial charge in [0.15, 0.2) is 0 Å². The molecular weight excluding hydrogens is 860 g/mol. The third-order valence-electron chi connectivity index (χ3n) is 11.9. The Morgan fingerprint density at radius 3 is 2.56 bits per heavy atom. The van der Waals surface area contributed by atoms with Crippen LogP contribution in [0, 0.1) is 12.8 Å². The predicted octanol–water partition coefficient (Wildman–Crippen LogP) is 6.96. The molecule has 1 saturated heterocycles. The molecule has 0 spiro atoms. The Hall–Kier alpha value is -5.27. The van der Waals surface area contributed by atoms with Crippen LogP contribution in [-0.2, 0) is 30.8 Å². The number of ether oxygens (including phenoxy) is 2. The van der Waals surface area contributed by atoms with Crippen molar-refractivity contribution in [2.75, 3.05) is 33.1 Å². The number of aromatic nitrogens is 2. The number of allylic oxidation sites excluding steroid dienone is 1. The molecule has 4 heterocycles. The molecule has 4 aromatic rings. The summed E-state index contributed by atoms with van der Waals surface area (Å²) in [7, 11) is -0.130. The minimum absolute atomic E-state index is 0.0366. The number of carbonyl (C=O) groups excluding carboxylic acids is 3. The molecule has 338 valence electrons. The van der Waals surface area contributed by atoms with E-state index >= 15 is 0 Å². The average Bonchev–Trinajstić information content (AvgIpc) is 3.51. The van der Waals surface area contributed by atoms with Crippen LogP contribution in [0.3, 0.4) is 0 Å². The number of hydrogen-bond acceptors (Lipinski definition) is 11. The number of anilines is 1. The van der Waals surface area contributed by atoms with Crippen molar-refractivity contribution in [2.45, 2.75) is 102 Å². The van der Waals surface area contributed by atoms with Gasteiger partial charge in [-0.2, -0.15) is 25.9 Å². The van der Waals surface area contributed by atoms with E-state index in [4.69, 9.17) is 19.4 Å². The van der Waals surface area contributed by atoms with Gasteiger partial charge >= 0.3 is 16.4 Å². The third-order valence-corrected chi connectivity index (χ3v) is 14.2. The lowest BCUT2D eigenvalue weighted by Gasteiger charge is -2.30. The zero-order chi connectivity index (χ0) is 45.4. The topological polar surface area (TPSA) is 172 Å². The number of nitrogens with one attached hydrogen (secondary N) is 3. The summed E-state index contributed by atoms with van der Waals surface area (Å²) in [5, 5.41) is 9.17. The highest BCUT2D eigenvalue weighted by Crippen LogP contribution is 2.46. The van der Waals surface area contributed by atoms with Gasteiger partial charge in [0.25, 0.3) is 5.91 Å². The van der Waals surface area contributed by atoms with E-state index in [1.807, 2.05) is 38.3 Å². The molecule has 2 aliphatic heterocycles. The molecule has 3 N–H and O–H groups in total. The summed E-state index contributed by atoms with van der Waals surface area (Å²) < 4.78 is 82.4. The molecule has 14 nitrogen and oxygen atoms in total. The fourth-order valence-electron chi connectivity index (χ4n) is 8.11. The monoisotopic (exact) mass is 911 g/mol. The van der Waals surface area contributed by atoms with Gasteiger partial charge in [-0.05, 0) is 68.9 Å². The van der Waals surface area contributed by atoms with Gasteiger partial charge in [0.05, 0.1) is 30.4 Å². The van der Waals surface area contributed by atoms with E-state index in [2.05, 4.69) is 15.4 Å². The highest BCUT2D eigenvalue weighted by Gasteiger charge is 2.61. The number of methoxy groups -OCH3 is 1. The van der Waals surface area contributed by atoms with Gasteiger partial charge in [-0.25, -0.2) is 14.7 Å². The van der Waals surface area contributed by atoms with Gasteiger partial charge in [0.2, 0.25) is 11.8 Å². The van der Waals surface area contributed by atoms with E-state index in [9.17, 15) is 36.0 Å².